The average molecular weight is 318 g/mol. The first-order chi connectivity index (χ1) is 9.45. The van der Waals surface area contributed by atoms with Crippen molar-refractivity contribution in [2.75, 3.05) is 19.7 Å². The summed E-state index contributed by atoms with van der Waals surface area (Å²) in [4.78, 5) is 0.249. The quantitative estimate of drug-likeness (QED) is 0.857. The van der Waals surface area contributed by atoms with E-state index in [2.05, 4.69) is 6.92 Å². The molecule has 1 fully saturated rings. The molecule has 2 rings (SSSR count). The molecule has 6 heteroatoms. The molecule has 0 amide bonds. The van der Waals surface area contributed by atoms with Gasteiger partial charge in [-0.25, -0.2) is 8.42 Å². The van der Waals surface area contributed by atoms with Gasteiger partial charge in [0.1, 0.15) is 5.75 Å². The summed E-state index contributed by atoms with van der Waals surface area (Å²) < 4.78 is 32.2. The Morgan fingerprint density at radius 3 is 2.85 bits per heavy atom. The highest BCUT2D eigenvalue weighted by Crippen LogP contribution is 2.30. The number of hydrogen-bond donors (Lipinski definition) is 0. The highest BCUT2D eigenvalue weighted by Gasteiger charge is 2.29. The molecule has 1 atom stereocenters. The van der Waals surface area contributed by atoms with E-state index in [1.165, 1.54) is 6.07 Å². The molecule has 0 spiro atoms. The molecule has 0 aliphatic carbocycles. The van der Waals surface area contributed by atoms with E-state index in [-0.39, 0.29) is 4.90 Å². The SMILES string of the molecule is CCOc1cc(S(=O)(=O)N2CCCC(C)C2)ccc1Cl. The van der Waals surface area contributed by atoms with Crippen LogP contribution in [-0.4, -0.2) is 32.4 Å². The lowest BCUT2D eigenvalue weighted by molar-refractivity contribution is 0.281. The monoisotopic (exact) mass is 317 g/mol. The standard InChI is InChI=1S/C14H20ClNO3S/c1-3-19-14-9-12(6-7-13(14)15)20(17,18)16-8-4-5-11(2)10-16/h6-7,9,11H,3-5,8,10H2,1-2H3. The normalized spacial score (nSPS) is 20.9. The molecule has 1 aromatic carbocycles. The zero-order chi connectivity index (χ0) is 14.8. The Bertz CT molecular complexity index is 574. The van der Waals surface area contributed by atoms with E-state index in [0.717, 1.165) is 12.8 Å². The largest absolute Gasteiger partial charge is 0.492 e. The Morgan fingerprint density at radius 2 is 2.20 bits per heavy atom. The molecular weight excluding hydrogens is 298 g/mol. The van der Waals surface area contributed by atoms with Gasteiger partial charge in [-0.2, -0.15) is 4.31 Å². The van der Waals surface area contributed by atoms with Gasteiger partial charge in [-0.15, -0.1) is 0 Å². The topological polar surface area (TPSA) is 46.6 Å². The molecule has 1 aliphatic rings. The lowest BCUT2D eigenvalue weighted by atomic mass is 10.0. The molecule has 0 aromatic heterocycles. The van der Waals surface area contributed by atoms with Gasteiger partial charge in [0.05, 0.1) is 16.5 Å². The second-order valence-corrected chi connectivity index (χ2v) is 7.48. The van der Waals surface area contributed by atoms with Crippen molar-refractivity contribution >= 4 is 21.6 Å². The molecule has 1 saturated heterocycles. The number of hydrogen-bond acceptors (Lipinski definition) is 3. The van der Waals surface area contributed by atoms with Gasteiger partial charge in [-0.3, -0.25) is 0 Å². The molecule has 0 radical (unpaired) electrons. The zero-order valence-electron chi connectivity index (χ0n) is 11.8. The van der Waals surface area contributed by atoms with Crippen LogP contribution >= 0.6 is 11.6 Å². The van der Waals surface area contributed by atoms with Crippen molar-refractivity contribution in [2.45, 2.75) is 31.6 Å². The van der Waals surface area contributed by atoms with Crippen LogP contribution in [0.15, 0.2) is 23.1 Å². The smallest absolute Gasteiger partial charge is 0.243 e. The van der Waals surface area contributed by atoms with Gasteiger partial charge >= 0.3 is 0 Å². The molecule has 1 unspecified atom stereocenters. The minimum Gasteiger partial charge on any atom is -0.492 e. The molecule has 20 heavy (non-hydrogen) atoms. The Kier molecular flexibility index (Phi) is 4.94. The Hall–Kier alpha value is -0.780. The van der Waals surface area contributed by atoms with E-state index >= 15 is 0 Å². The number of rotatable bonds is 4. The third-order valence-electron chi connectivity index (χ3n) is 3.46. The molecule has 1 heterocycles. The zero-order valence-corrected chi connectivity index (χ0v) is 13.4. The molecule has 1 aliphatic heterocycles. The van der Waals surface area contributed by atoms with Crippen molar-refractivity contribution in [3.63, 3.8) is 0 Å². The van der Waals surface area contributed by atoms with Crippen molar-refractivity contribution in [3.05, 3.63) is 23.2 Å². The van der Waals surface area contributed by atoms with Crippen LogP contribution in [0, 0.1) is 5.92 Å². The van der Waals surface area contributed by atoms with Crippen molar-refractivity contribution in [1.82, 2.24) is 4.31 Å². The number of ether oxygens (including phenoxy) is 1. The fourth-order valence-electron chi connectivity index (χ4n) is 2.42. The molecule has 4 nitrogen and oxygen atoms in total. The molecule has 0 bridgehead atoms. The van der Waals surface area contributed by atoms with Gasteiger partial charge < -0.3 is 4.74 Å². The summed E-state index contributed by atoms with van der Waals surface area (Å²) in [5.41, 5.74) is 0. The summed E-state index contributed by atoms with van der Waals surface area (Å²) in [6.07, 6.45) is 1.99. The Balaban J connectivity index is 2.31. The van der Waals surface area contributed by atoms with Crippen molar-refractivity contribution in [3.8, 4) is 5.75 Å². The second kappa shape index (κ2) is 6.33. The van der Waals surface area contributed by atoms with Gasteiger partial charge in [0.15, 0.2) is 0 Å². The number of piperidine rings is 1. The van der Waals surface area contributed by atoms with Crippen LogP contribution in [0.25, 0.3) is 0 Å². The molecule has 0 N–H and O–H groups in total. The maximum Gasteiger partial charge on any atom is 0.243 e. The van der Waals surface area contributed by atoms with Crippen molar-refractivity contribution in [2.24, 2.45) is 5.92 Å². The van der Waals surface area contributed by atoms with Gasteiger partial charge in [-0.05, 0) is 37.8 Å². The summed E-state index contributed by atoms with van der Waals surface area (Å²) in [7, 11) is -3.46. The fraction of sp³-hybridized carbons (Fsp3) is 0.571. The van der Waals surface area contributed by atoms with Crippen LogP contribution in [0.5, 0.6) is 5.75 Å². The lowest BCUT2D eigenvalue weighted by Gasteiger charge is -2.30. The minimum absolute atomic E-state index is 0.249. The molecule has 112 valence electrons. The summed E-state index contributed by atoms with van der Waals surface area (Å²) in [6.45, 7) is 5.52. The van der Waals surface area contributed by atoms with Crippen LogP contribution in [0.2, 0.25) is 5.02 Å². The van der Waals surface area contributed by atoms with Gasteiger partial charge in [0, 0.05) is 19.2 Å². The average Bonchev–Trinajstić information content (AvgIpc) is 2.41. The van der Waals surface area contributed by atoms with E-state index in [0.29, 0.717) is 36.4 Å². The predicted octanol–water partition coefficient (Wildman–Crippen LogP) is 3.16. The third-order valence-corrected chi connectivity index (χ3v) is 5.63. The number of sulfonamides is 1. The second-order valence-electron chi connectivity index (χ2n) is 5.14. The first kappa shape index (κ1) is 15.6. The predicted molar refractivity (Wildman–Crippen MR) is 79.8 cm³/mol. The minimum atomic E-state index is -3.46. The molecular formula is C14H20ClNO3S. The van der Waals surface area contributed by atoms with Crippen LogP contribution in [0.1, 0.15) is 26.7 Å². The summed E-state index contributed by atoms with van der Waals surface area (Å²) in [5, 5.41) is 0.429. The van der Waals surface area contributed by atoms with Crippen LogP contribution < -0.4 is 4.74 Å². The van der Waals surface area contributed by atoms with Gasteiger partial charge in [0.2, 0.25) is 10.0 Å². The van der Waals surface area contributed by atoms with Crippen LogP contribution in [0.4, 0.5) is 0 Å². The first-order valence-corrected chi connectivity index (χ1v) is 8.69. The summed E-state index contributed by atoms with van der Waals surface area (Å²) >= 11 is 6.00. The highest BCUT2D eigenvalue weighted by molar-refractivity contribution is 7.89. The lowest BCUT2D eigenvalue weighted by Crippen LogP contribution is -2.39. The fourth-order valence-corrected chi connectivity index (χ4v) is 4.21. The van der Waals surface area contributed by atoms with E-state index in [9.17, 15) is 8.42 Å². The maximum absolute atomic E-state index is 12.6. The summed E-state index contributed by atoms with van der Waals surface area (Å²) in [6, 6.07) is 4.63. The molecule has 1 aromatic rings. The maximum atomic E-state index is 12.6. The van der Waals surface area contributed by atoms with Gasteiger partial charge in [-0.1, -0.05) is 18.5 Å². The van der Waals surface area contributed by atoms with Crippen LogP contribution in [0.3, 0.4) is 0 Å². The van der Waals surface area contributed by atoms with Crippen molar-refractivity contribution < 1.29 is 13.2 Å². The number of nitrogens with zero attached hydrogens (tertiary/aromatic N) is 1. The van der Waals surface area contributed by atoms with E-state index in [1.807, 2.05) is 6.92 Å². The summed E-state index contributed by atoms with van der Waals surface area (Å²) in [5.74, 6) is 0.817. The highest BCUT2D eigenvalue weighted by atomic mass is 35.5. The van der Waals surface area contributed by atoms with E-state index in [1.54, 1.807) is 16.4 Å². The Morgan fingerprint density at radius 1 is 1.45 bits per heavy atom. The molecule has 0 saturated carbocycles. The Labute approximate surface area is 125 Å². The van der Waals surface area contributed by atoms with E-state index < -0.39 is 10.0 Å². The first-order valence-electron chi connectivity index (χ1n) is 6.87. The van der Waals surface area contributed by atoms with Crippen molar-refractivity contribution in [1.29, 1.82) is 0 Å². The number of halogens is 1. The number of benzene rings is 1. The van der Waals surface area contributed by atoms with E-state index in [4.69, 9.17) is 16.3 Å². The third kappa shape index (κ3) is 3.27. The van der Waals surface area contributed by atoms with Gasteiger partial charge in [0.25, 0.3) is 0 Å². The van der Waals surface area contributed by atoms with Crippen LogP contribution in [-0.2, 0) is 10.0 Å².